The van der Waals surface area contributed by atoms with Crippen molar-refractivity contribution in [3.05, 3.63) is 72.2 Å². The van der Waals surface area contributed by atoms with Crippen LogP contribution in [0.2, 0.25) is 0 Å². The SMILES string of the molecule is O=C([O-])CCn1cc(C=NNC(=O)c2ccncc2)c(-c2ccccc2)n1. The number of carboxylic acids is 1. The minimum absolute atomic E-state index is 0.148. The number of carbonyl (C=O) groups excluding carboxylic acids is 2. The molecule has 8 nitrogen and oxygen atoms in total. The number of rotatable bonds is 7. The molecule has 0 saturated carbocycles. The van der Waals surface area contributed by atoms with Crippen molar-refractivity contribution >= 4 is 18.1 Å². The molecule has 1 N–H and O–H groups in total. The summed E-state index contributed by atoms with van der Waals surface area (Å²) < 4.78 is 1.52. The molecule has 27 heavy (non-hydrogen) atoms. The van der Waals surface area contributed by atoms with Crippen LogP contribution in [0.5, 0.6) is 0 Å². The Bertz CT molecular complexity index is 952. The highest BCUT2D eigenvalue weighted by Crippen LogP contribution is 2.20. The van der Waals surface area contributed by atoms with Crippen LogP contribution in [0.1, 0.15) is 22.3 Å². The van der Waals surface area contributed by atoms with Crippen molar-refractivity contribution in [1.29, 1.82) is 0 Å². The molecule has 3 rings (SSSR count). The van der Waals surface area contributed by atoms with Crippen molar-refractivity contribution in [3.63, 3.8) is 0 Å². The lowest BCUT2D eigenvalue weighted by atomic mass is 10.1. The Morgan fingerprint density at radius 1 is 1.15 bits per heavy atom. The summed E-state index contributed by atoms with van der Waals surface area (Å²) in [5.74, 6) is -1.51. The maximum absolute atomic E-state index is 12.0. The van der Waals surface area contributed by atoms with Crippen LogP contribution in [-0.2, 0) is 11.3 Å². The fourth-order valence-corrected chi connectivity index (χ4v) is 2.40. The molecule has 8 heteroatoms. The third kappa shape index (κ3) is 4.85. The van der Waals surface area contributed by atoms with Crippen LogP contribution >= 0.6 is 0 Å². The molecule has 0 unspecified atom stereocenters. The minimum atomic E-state index is -1.15. The quantitative estimate of drug-likeness (QED) is 0.495. The zero-order valence-corrected chi connectivity index (χ0v) is 14.3. The highest BCUT2D eigenvalue weighted by molar-refractivity contribution is 5.95. The number of benzene rings is 1. The summed E-state index contributed by atoms with van der Waals surface area (Å²) in [4.78, 5) is 26.6. The van der Waals surface area contributed by atoms with E-state index in [1.54, 1.807) is 18.3 Å². The van der Waals surface area contributed by atoms with Crippen molar-refractivity contribution in [1.82, 2.24) is 20.2 Å². The molecule has 0 aliphatic carbocycles. The number of aromatic nitrogens is 3. The number of nitrogens with zero attached hydrogens (tertiary/aromatic N) is 4. The summed E-state index contributed by atoms with van der Waals surface area (Å²) in [6, 6.07) is 12.6. The second-order valence-corrected chi connectivity index (χ2v) is 5.62. The van der Waals surface area contributed by atoms with Crippen LogP contribution in [0.3, 0.4) is 0 Å². The number of carboxylic acid groups (broad SMARTS) is 1. The molecule has 0 aliphatic heterocycles. The normalized spacial score (nSPS) is 10.8. The van der Waals surface area contributed by atoms with E-state index < -0.39 is 5.97 Å². The maximum atomic E-state index is 12.0. The van der Waals surface area contributed by atoms with Gasteiger partial charge in [-0.3, -0.25) is 14.5 Å². The molecule has 2 aromatic heterocycles. The van der Waals surface area contributed by atoms with E-state index in [0.29, 0.717) is 16.8 Å². The Morgan fingerprint density at radius 2 is 1.89 bits per heavy atom. The standard InChI is InChI=1S/C19H17N5O3/c25-17(26)8-11-24-13-16(18(23-24)14-4-2-1-3-5-14)12-21-22-19(27)15-6-9-20-10-7-15/h1-7,9-10,12-13H,8,11H2,(H,22,27)(H,25,26)/p-1. The Balaban J connectivity index is 1.80. The second-order valence-electron chi connectivity index (χ2n) is 5.62. The molecule has 0 radical (unpaired) electrons. The first-order valence-corrected chi connectivity index (χ1v) is 8.19. The van der Waals surface area contributed by atoms with Gasteiger partial charge < -0.3 is 9.90 Å². The predicted octanol–water partition coefficient (Wildman–Crippen LogP) is 0.849. The number of aliphatic carboxylic acids is 1. The van der Waals surface area contributed by atoms with E-state index >= 15 is 0 Å². The number of pyridine rings is 1. The minimum Gasteiger partial charge on any atom is -0.550 e. The van der Waals surface area contributed by atoms with Gasteiger partial charge in [-0.1, -0.05) is 30.3 Å². The van der Waals surface area contributed by atoms with Gasteiger partial charge in [0.05, 0.1) is 6.21 Å². The van der Waals surface area contributed by atoms with Crippen LogP contribution in [0, 0.1) is 0 Å². The molecule has 1 aromatic carbocycles. The molecular formula is C19H16N5O3-. The zero-order valence-electron chi connectivity index (χ0n) is 14.3. The summed E-state index contributed by atoms with van der Waals surface area (Å²) in [7, 11) is 0. The largest absolute Gasteiger partial charge is 0.550 e. The number of hydrazone groups is 1. The first kappa shape index (κ1) is 18.0. The van der Waals surface area contributed by atoms with Gasteiger partial charge in [0.25, 0.3) is 5.91 Å². The van der Waals surface area contributed by atoms with Crippen LogP contribution in [0.4, 0.5) is 0 Å². The van der Waals surface area contributed by atoms with Crippen LogP contribution in [-0.4, -0.2) is 32.9 Å². The van der Waals surface area contributed by atoms with Crippen LogP contribution in [0.15, 0.2) is 66.2 Å². The molecule has 0 atom stereocenters. The van der Waals surface area contributed by atoms with Crippen molar-refractivity contribution in [2.75, 3.05) is 0 Å². The number of aryl methyl sites for hydroxylation is 1. The molecule has 0 bridgehead atoms. The van der Waals surface area contributed by atoms with Gasteiger partial charge in [0, 0.05) is 54.2 Å². The van der Waals surface area contributed by atoms with Gasteiger partial charge in [0.2, 0.25) is 0 Å². The fraction of sp³-hybridized carbons (Fsp3) is 0.105. The number of amides is 1. The number of nitrogens with one attached hydrogen (secondary N) is 1. The van der Waals surface area contributed by atoms with Gasteiger partial charge in [0.15, 0.2) is 0 Å². The molecule has 2 heterocycles. The number of carbonyl (C=O) groups is 2. The van der Waals surface area contributed by atoms with Crippen molar-refractivity contribution in [3.8, 4) is 11.3 Å². The van der Waals surface area contributed by atoms with E-state index in [1.165, 1.54) is 23.3 Å². The van der Waals surface area contributed by atoms with Crippen LogP contribution in [0.25, 0.3) is 11.3 Å². The molecule has 1 amide bonds. The summed E-state index contributed by atoms with van der Waals surface area (Å²) in [5, 5.41) is 19.1. The van der Waals surface area contributed by atoms with Crippen LogP contribution < -0.4 is 10.5 Å². The summed E-state index contributed by atoms with van der Waals surface area (Å²) in [5.41, 5.74) is 5.02. The zero-order chi connectivity index (χ0) is 19.1. The summed E-state index contributed by atoms with van der Waals surface area (Å²) >= 11 is 0. The molecule has 0 fully saturated rings. The average molecular weight is 362 g/mol. The first-order chi connectivity index (χ1) is 13.1. The lowest BCUT2D eigenvalue weighted by molar-refractivity contribution is -0.306. The highest BCUT2D eigenvalue weighted by Gasteiger charge is 2.10. The van der Waals surface area contributed by atoms with Crippen molar-refractivity contribution < 1.29 is 14.7 Å². The first-order valence-electron chi connectivity index (χ1n) is 8.19. The second kappa shape index (κ2) is 8.52. The van der Waals surface area contributed by atoms with E-state index in [2.05, 4.69) is 20.6 Å². The third-order valence-corrected chi connectivity index (χ3v) is 3.69. The summed E-state index contributed by atoms with van der Waals surface area (Å²) in [6.45, 7) is 0.180. The van der Waals surface area contributed by atoms with Gasteiger partial charge in [0.1, 0.15) is 5.69 Å². The Hall–Kier alpha value is -3.81. The van der Waals surface area contributed by atoms with Gasteiger partial charge in [-0.25, -0.2) is 5.43 Å². The Labute approximate surface area is 155 Å². The van der Waals surface area contributed by atoms with Crippen molar-refractivity contribution in [2.24, 2.45) is 5.10 Å². The topological polar surface area (TPSA) is 112 Å². The molecule has 0 spiro atoms. The molecule has 136 valence electrons. The summed E-state index contributed by atoms with van der Waals surface area (Å²) in [6.07, 6.45) is 6.05. The lowest BCUT2D eigenvalue weighted by Crippen LogP contribution is -2.23. The Kier molecular flexibility index (Phi) is 5.68. The maximum Gasteiger partial charge on any atom is 0.271 e. The lowest BCUT2D eigenvalue weighted by Gasteiger charge is -2.01. The van der Waals surface area contributed by atoms with Gasteiger partial charge in [-0.2, -0.15) is 10.2 Å². The number of hydrogen-bond acceptors (Lipinski definition) is 6. The molecule has 0 aliphatic rings. The third-order valence-electron chi connectivity index (χ3n) is 3.69. The van der Waals surface area contributed by atoms with E-state index in [9.17, 15) is 14.7 Å². The highest BCUT2D eigenvalue weighted by atomic mass is 16.4. The van der Waals surface area contributed by atoms with E-state index in [1.807, 2.05) is 30.3 Å². The van der Waals surface area contributed by atoms with Crippen molar-refractivity contribution in [2.45, 2.75) is 13.0 Å². The van der Waals surface area contributed by atoms with E-state index in [0.717, 1.165) is 5.56 Å². The fourth-order valence-electron chi connectivity index (χ4n) is 2.40. The van der Waals surface area contributed by atoms with E-state index in [-0.39, 0.29) is 18.9 Å². The smallest absolute Gasteiger partial charge is 0.271 e. The monoisotopic (exact) mass is 362 g/mol. The number of hydrogen-bond donors (Lipinski definition) is 1. The predicted molar refractivity (Wildman–Crippen MR) is 96.6 cm³/mol. The van der Waals surface area contributed by atoms with Gasteiger partial charge >= 0.3 is 0 Å². The molecular weight excluding hydrogens is 346 g/mol. The average Bonchev–Trinajstić information content (AvgIpc) is 3.11. The van der Waals surface area contributed by atoms with Gasteiger partial charge in [-0.15, -0.1) is 0 Å². The molecule has 3 aromatic rings. The Morgan fingerprint density at radius 3 is 2.59 bits per heavy atom. The van der Waals surface area contributed by atoms with E-state index in [4.69, 9.17) is 0 Å². The molecule has 0 saturated heterocycles. The van der Waals surface area contributed by atoms with Gasteiger partial charge in [-0.05, 0) is 12.1 Å².